The molecule has 2 aromatic carbocycles. The number of benzene rings is 2. The third kappa shape index (κ3) is 3.09. The summed E-state index contributed by atoms with van der Waals surface area (Å²) in [5.74, 6) is -0.202. The Bertz CT molecular complexity index is 874. The van der Waals surface area contributed by atoms with E-state index in [4.69, 9.17) is 5.73 Å². The Kier molecular flexibility index (Phi) is 4.12. The number of nitrogen functional groups attached to an aromatic ring is 1. The minimum atomic E-state index is -0.402. The van der Waals surface area contributed by atoms with E-state index >= 15 is 0 Å². The molecule has 0 aliphatic carbocycles. The average molecular weight is 372 g/mol. The first kappa shape index (κ1) is 15.2. The summed E-state index contributed by atoms with van der Waals surface area (Å²) in [5.41, 5.74) is 8.57. The van der Waals surface area contributed by atoms with Crippen LogP contribution in [-0.4, -0.2) is 20.9 Å². The molecule has 0 radical (unpaired) electrons. The van der Waals surface area contributed by atoms with Crippen LogP contribution in [0.4, 0.5) is 11.5 Å². The van der Waals surface area contributed by atoms with E-state index in [-0.39, 0.29) is 11.5 Å². The lowest BCUT2D eigenvalue weighted by Gasteiger charge is -2.07. The summed E-state index contributed by atoms with van der Waals surface area (Å²) in [5, 5.41) is 10.7. The molecule has 1 heterocycles. The van der Waals surface area contributed by atoms with Gasteiger partial charge in [0.2, 0.25) is 0 Å². The van der Waals surface area contributed by atoms with Gasteiger partial charge in [-0.3, -0.25) is 4.79 Å². The molecule has 1 amide bonds. The summed E-state index contributed by atoms with van der Waals surface area (Å²) in [4.78, 5) is 12.4. The minimum Gasteiger partial charge on any atom is -0.382 e. The van der Waals surface area contributed by atoms with Gasteiger partial charge in [-0.1, -0.05) is 45.4 Å². The average Bonchev–Trinajstić information content (AvgIpc) is 2.89. The second kappa shape index (κ2) is 6.21. The van der Waals surface area contributed by atoms with Crippen LogP contribution in [0.1, 0.15) is 16.1 Å². The molecular weight excluding hydrogens is 358 g/mol. The van der Waals surface area contributed by atoms with Crippen molar-refractivity contribution in [3.63, 3.8) is 0 Å². The van der Waals surface area contributed by atoms with Crippen molar-refractivity contribution < 1.29 is 4.79 Å². The summed E-state index contributed by atoms with van der Waals surface area (Å²) >= 11 is 3.36. The van der Waals surface area contributed by atoms with E-state index in [1.54, 1.807) is 12.1 Å². The highest BCUT2D eigenvalue weighted by Gasteiger charge is 2.19. The van der Waals surface area contributed by atoms with Crippen LogP contribution in [0.2, 0.25) is 0 Å². The van der Waals surface area contributed by atoms with E-state index in [1.165, 1.54) is 4.68 Å². The molecular formula is C16H14BrN5O. The number of aromatic nitrogens is 3. The molecule has 23 heavy (non-hydrogen) atoms. The number of nitrogens with one attached hydrogen (secondary N) is 1. The molecule has 0 aliphatic rings. The molecule has 3 N–H and O–H groups in total. The van der Waals surface area contributed by atoms with Crippen LogP contribution in [-0.2, 0) is 0 Å². The highest BCUT2D eigenvalue weighted by atomic mass is 79.9. The summed E-state index contributed by atoms with van der Waals surface area (Å²) < 4.78 is 2.33. The van der Waals surface area contributed by atoms with Gasteiger partial charge in [-0.15, -0.1) is 5.10 Å². The fourth-order valence-corrected chi connectivity index (χ4v) is 2.59. The SMILES string of the molecule is Cc1ccccc1-n1nnc(C(=O)Nc2cccc(Br)c2)c1N. The van der Waals surface area contributed by atoms with Crippen LogP contribution in [0.25, 0.3) is 5.69 Å². The minimum absolute atomic E-state index is 0.0910. The lowest BCUT2D eigenvalue weighted by atomic mass is 10.2. The van der Waals surface area contributed by atoms with Gasteiger partial charge in [0.1, 0.15) is 0 Å². The Hall–Kier alpha value is -2.67. The smallest absolute Gasteiger partial charge is 0.280 e. The fourth-order valence-electron chi connectivity index (χ4n) is 2.19. The highest BCUT2D eigenvalue weighted by Crippen LogP contribution is 2.20. The van der Waals surface area contributed by atoms with Crippen molar-refractivity contribution in [3.8, 4) is 5.69 Å². The van der Waals surface area contributed by atoms with Crippen molar-refractivity contribution in [2.75, 3.05) is 11.1 Å². The normalized spacial score (nSPS) is 10.5. The molecule has 3 rings (SSSR count). The predicted octanol–water partition coefficient (Wildman–Crippen LogP) is 3.17. The van der Waals surface area contributed by atoms with E-state index in [9.17, 15) is 4.79 Å². The third-order valence-corrected chi connectivity index (χ3v) is 3.84. The van der Waals surface area contributed by atoms with Crippen LogP contribution in [0.5, 0.6) is 0 Å². The lowest BCUT2D eigenvalue weighted by Crippen LogP contribution is -2.15. The van der Waals surface area contributed by atoms with Crippen molar-refractivity contribution >= 4 is 33.3 Å². The van der Waals surface area contributed by atoms with E-state index in [2.05, 4.69) is 31.6 Å². The zero-order valence-corrected chi connectivity index (χ0v) is 13.9. The Morgan fingerprint density at radius 1 is 1.22 bits per heavy atom. The Balaban J connectivity index is 1.90. The Labute approximate surface area is 141 Å². The molecule has 3 aromatic rings. The number of nitrogens with two attached hydrogens (primary N) is 1. The number of hydrogen-bond acceptors (Lipinski definition) is 4. The molecule has 0 unspecified atom stereocenters. The first-order valence-corrected chi connectivity index (χ1v) is 7.69. The van der Waals surface area contributed by atoms with E-state index < -0.39 is 5.91 Å². The number of aryl methyl sites for hydroxylation is 1. The number of rotatable bonds is 3. The molecule has 0 aliphatic heterocycles. The number of anilines is 2. The van der Waals surface area contributed by atoms with Gasteiger partial charge in [-0.05, 0) is 36.8 Å². The maximum Gasteiger partial charge on any atom is 0.280 e. The summed E-state index contributed by atoms with van der Waals surface area (Å²) in [6.07, 6.45) is 0. The van der Waals surface area contributed by atoms with Crippen LogP contribution in [0.3, 0.4) is 0 Å². The Morgan fingerprint density at radius 3 is 2.74 bits per heavy atom. The zero-order chi connectivity index (χ0) is 16.4. The zero-order valence-electron chi connectivity index (χ0n) is 12.3. The van der Waals surface area contributed by atoms with Crippen LogP contribution >= 0.6 is 15.9 Å². The molecule has 0 bridgehead atoms. The van der Waals surface area contributed by atoms with Crippen molar-refractivity contribution in [2.45, 2.75) is 6.92 Å². The second-order valence-electron chi connectivity index (χ2n) is 4.99. The number of carbonyl (C=O) groups is 1. The molecule has 0 atom stereocenters. The number of amides is 1. The van der Waals surface area contributed by atoms with Crippen molar-refractivity contribution in [3.05, 3.63) is 64.3 Å². The van der Waals surface area contributed by atoms with E-state index in [1.807, 2.05) is 43.3 Å². The van der Waals surface area contributed by atoms with E-state index in [0.29, 0.717) is 5.69 Å². The van der Waals surface area contributed by atoms with Gasteiger partial charge in [0.25, 0.3) is 5.91 Å². The van der Waals surface area contributed by atoms with Gasteiger partial charge in [0, 0.05) is 10.2 Å². The molecule has 6 nitrogen and oxygen atoms in total. The van der Waals surface area contributed by atoms with E-state index in [0.717, 1.165) is 15.7 Å². The highest BCUT2D eigenvalue weighted by molar-refractivity contribution is 9.10. The molecule has 0 spiro atoms. The van der Waals surface area contributed by atoms with Gasteiger partial charge >= 0.3 is 0 Å². The largest absolute Gasteiger partial charge is 0.382 e. The molecule has 0 saturated heterocycles. The topological polar surface area (TPSA) is 85.8 Å². The second-order valence-corrected chi connectivity index (χ2v) is 5.90. The lowest BCUT2D eigenvalue weighted by molar-refractivity contribution is 0.102. The monoisotopic (exact) mass is 371 g/mol. The van der Waals surface area contributed by atoms with Gasteiger partial charge < -0.3 is 11.1 Å². The quantitative estimate of drug-likeness (QED) is 0.740. The maximum absolute atomic E-state index is 12.4. The molecule has 0 saturated carbocycles. The molecule has 1 aromatic heterocycles. The van der Waals surface area contributed by atoms with Crippen LogP contribution in [0, 0.1) is 6.92 Å². The van der Waals surface area contributed by atoms with Crippen molar-refractivity contribution in [1.29, 1.82) is 0 Å². The van der Waals surface area contributed by atoms with Crippen LogP contribution < -0.4 is 11.1 Å². The number of hydrogen-bond donors (Lipinski definition) is 2. The van der Waals surface area contributed by atoms with Gasteiger partial charge in [-0.2, -0.15) is 4.68 Å². The molecule has 116 valence electrons. The first-order valence-electron chi connectivity index (χ1n) is 6.90. The number of carbonyl (C=O) groups excluding carboxylic acids is 1. The van der Waals surface area contributed by atoms with Gasteiger partial charge in [-0.25, -0.2) is 0 Å². The van der Waals surface area contributed by atoms with Crippen molar-refractivity contribution in [1.82, 2.24) is 15.0 Å². The third-order valence-electron chi connectivity index (χ3n) is 3.35. The predicted molar refractivity (Wildman–Crippen MR) is 92.6 cm³/mol. The summed E-state index contributed by atoms with van der Waals surface area (Å²) in [6, 6.07) is 14.9. The standard InChI is InChI=1S/C16H14BrN5O/c1-10-5-2-3-8-13(10)22-15(18)14(20-21-22)16(23)19-12-7-4-6-11(17)9-12/h2-9H,18H2,1H3,(H,19,23). The summed E-state index contributed by atoms with van der Waals surface area (Å²) in [6.45, 7) is 1.94. The number of para-hydroxylation sites is 1. The van der Waals surface area contributed by atoms with Gasteiger partial charge in [0.05, 0.1) is 5.69 Å². The fraction of sp³-hybridized carbons (Fsp3) is 0.0625. The Morgan fingerprint density at radius 2 is 2.00 bits per heavy atom. The number of nitrogens with zero attached hydrogens (tertiary/aromatic N) is 3. The van der Waals surface area contributed by atoms with Crippen molar-refractivity contribution in [2.24, 2.45) is 0 Å². The van der Waals surface area contributed by atoms with Gasteiger partial charge in [0.15, 0.2) is 11.5 Å². The summed E-state index contributed by atoms with van der Waals surface area (Å²) in [7, 11) is 0. The maximum atomic E-state index is 12.4. The number of halogens is 1. The molecule has 7 heteroatoms. The van der Waals surface area contributed by atoms with Crippen LogP contribution in [0.15, 0.2) is 53.0 Å². The first-order chi connectivity index (χ1) is 11.1. The molecule has 0 fully saturated rings.